The fraction of sp³-hybridized carbons (Fsp3) is 0.393. The second kappa shape index (κ2) is 22.5. The number of benzene rings is 1. The monoisotopic (exact) mass is 585 g/mol. The summed E-state index contributed by atoms with van der Waals surface area (Å²) in [4.78, 5) is 60.1. The smallest absolute Gasteiger partial charge is 0.269 e. The second-order valence-corrected chi connectivity index (χ2v) is 8.55. The summed E-state index contributed by atoms with van der Waals surface area (Å²) in [5, 5.41) is 22.1. The summed E-state index contributed by atoms with van der Waals surface area (Å²) in [6.07, 6.45) is 3.73. The van der Waals surface area contributed by atoms with Crippen molar-refractivity contribution in [3.63, 3.8) is 0 Å². The van der Waals surface area contributed by atoms with Gasteiger partial charge in [0.2, 0.25) is 17.7 Å². The number of aldehydes is 1. The molecule has 0 atom stereocenters. The van der Waals surface area contributed by atoms with E-state index in [0.29, 0.717) is 22.8 Å². The quantitative estimate of drug-likeness (QED) is 0.133. The number of carbonyl (C=O) groups is 5. The third-order valence-electron chi connectivity index (χ3n) is 4.83. The molecule has 1 aromatic carbocycles. The number of rotatable bonds is 13. The van der Waals surface area contributed by atoms with E-state index in [1.165, 1.54) is 23.4 Å². The van der Waals surface area contributed by atoms with E-state index in [9.17, 15) is 24.0 Å². The van der Waals surface area contributed by atoms with Crippen molar-refractivity contribution in [2.75, 3.05) is 44.8 Å². The molecule has 0 aliphatic rings. The highest BCUT2D eigenvalue weighted by Gasteiger charge is 2.10. The maximum Gasteiger partial charge on any atom is 0.269 e. The van der Waals surface area contributed by atoms with Gasteiger partial charge in [-0.25, -0.2) is 4.98 Å². The molecule has 2 rings (SSSR count). The number of nitrogens with zero attached hydrogens (tertiary/aromatic N) is 2. The third-order valence-corrected chi connectivity index (χ3v) is 5.53. The number of anilines is 1. The van der Waals surface area contributed by atoms with Crippen LogP contribution >= 0.6 is 11.8 Å². The molecule has 0 fully saturated rings. The van der Waals surface area contributed by atoms with E-state index >= 15 is 0 Å². The van der Waals surface area contributed by atoms with Gasteiger partial charge in [0, 0.05) is 18.7 Å². The molecule has 222 valence electrons. The number of nitrogens with one attached hydrogen (secondary N) is 5. The Kier molecular flexibility index (Phi) is 20.2. The number of hydrogen-bond donors (Lipinski definition) is 5. The molecule has 0 bridgehead atoms. The van der Waals surface area contributed by atoms with Crippen molar-refractivity contribution in [2.45, 2.75) is 38.6 Å². The Hall–Kier alpha value is -4.28. The van der Waals surface area contributed by atoms with Gasteiger partial charge in [-0.2, -0.15) is 5.26 Å². The van der Waals surface area contributed by atoms with Crippen LogP contribution in [0.25, 0.3) is 0 Å². The Morgan fingerprint density at radius 1 is 0.927 bits per heavy atom. The van der Waals surface area contributed by atoms with E-state index in [2.05, 4.69) is 38.5 Å². The minimum absolute atomic E-state index is 0.140. The lowest BCUT2D eigenvalue weighted by molar-refractivity contribution is -0.126. The van der Waals surface area contributed by atoms with E-state index < -0.39 is 5.91 Å². The van der Waals surface area contributed by atoms with E-state index in [4.69, 9.17) is 5.26 Å². The number of hydrogen-bond acceptors (Lipinski definition) is 9. The maximum atomic E-state index is 11.7. The number of pyridine rings is 1. The molecule has 0 aliphatic carbocycles. The van der Waals surface area contributed by atoms with Crippen LogP contribution in [-0.4, -0.2) is 74.4 Å². The van der Waals surface area contributed by atoms with Gasteiger partial charge in [0.1, 0.15) is 23.1 Å². The molecule has 0 saturated carbocycles. The minimum Gasteiger partial charge on any atom is -0.350 e. The van der Waals surface area contributed by atoms with Gasteiger partial charge in [0.05, 0.1) is 25.2 Å². The molecule has 12 nitrogen and oxygen atoms in total. The van der Waals surface area contributed by atoms with Crippen molar-refractivity contribution in [1.82, 2.24) is 26.3 Å². The van der Waals surface area contributed by atoms with Crippen molar-refractivity contribution in [2.24, 2.45) is 0 Å². The predicted octanol–water partition coefficient (Wildman–Crippen LogP) is 1.66. The van der Waals surface area contributed by atoms with Gasteiger partial charge in [-0.3, -0.25) is 19.2 Å². The SMILES string of the molecule is CC.CCc1ccc(NC(=O)CNC(=O)CNC(=O)CNC)cc1.CSc1nc(C(=O)NCCC=O)ccc1C#N. The number of thioether (sulfide) groups is 1. The number of amides is 4. The van der Waals surface area contributed by atoms with Gasteiger partial charge in [-0.15, -0.1) is 11.8 Å². The van der Waals surface area contributed by atoms with Crippen molar-refractivity contribution in [3.05, 3.63) is 53.2 Å². The zero-order valence-corrected chi connectivity index (χ0v) is 24.9. The first-order chi connectivity index (χ1) is 19.8. The fourth-order valence-corrected chi connectivity index (χ4v) is 3.34. The Morgan fingerprint density at radius 3 is 2.07 bits per heavy atom. The highest BCUT2D eigenvalue weighted by Crippen LogP contribution is 2.17. The van der Waals surface area contributed by atoms with Crippen molar-refractivity contribution in [3.8, 4) is 6.07 Å². The molecule has 2 aromatic rings. The minimum atomic E-state index is -0.416. The van der Waals surface area contributed by atoms with Crippen LogP contribution in [0.2, 0.25) is 0 Å². The van der Waals surface area contributed by atoms with Crippen molar-refractivity contribution >= 4 is 47.4 Å². The molecule has 4 amide bonds. The van der Waals surface area contributed by atoms with Gasteiger partial charge in [0.25, 0.3) is 5.91 Å². The number of likely N-dealkylation sites (N-methyl/N-ethyl adjacent to an activating group) is 1. The summed E-state index contributed by atoms with van der Waals surface area (Å²) in [7, 11) is 1.64. The second-order valence-electron chi connectivity index (χ2n) is 7.76. The maximum absolute atomic E-state index is 11.7. The first-order valence-electron chi connectivity index (χ1n) is 13.0. The molecule has 0 unspecified atom stereocenters. The van der Waals surface area contributed by atoms with Gasteiger partial charge in [-0.05, 0) is 49.6 Å². The van der Waals surface area contributed by atoms with Crippen LogP contribution < -0.4 is 26.6 Å². The van der Waals surface area contributed by atoms with Crippen LogP contribution in [0.1, 0.15) is 48.8 Å². The molecule has 0 radical (unpaired) electrons. The number of nitriles is 1. The van der Waals surface area contributed by atoms with Crippen LogP contribution in [0.4, 0.5) is 5.69 Å². The summed E-state index contributed by atoms with van der Waals surface area (Å²) < 4.78 is 0. The molecule has 13 heteroatoms. The number of aryl methyl sites for hydroxylation is 1. The summed E-state index contributed by atoms with van der Waals surface area (Å²) in [6.45, 7) is 6.19. The van der Waals surface area contributed by atoms with Crippen LogP contribution in [0.15, 0.2) is 41.4 Å². The largest absolute Gasteiger partial charge is 0.350 e. The third kappa shape index (κ3) is 15.8. The van der Waals surface area contributed by atoms with Gasteiger partial charge in [-0.1, -0.05) is 32.9 Å². The van der Waals surface area contributed by atoms with Crippen molar-refractivity contribution in [1.29, 1.82) is 5.26 Å². The Labute approximate surface area is 245 Å². The zero-order valence-electron chi connectivity index (χ0n) is 24.1. The first-order valence-corrected chi connectivity index (χ1v) is 14.2. The molecule has 41 heavy (non-hydrogen) atoms. The Bertz CT molecular complexity index is 1170. The van der Waals surface area contributed by atoms with E-state index in [1.54, 1.807) is 19.4 Å². The van der Waals surface area contributed by atoms with E-state index in [-0.39, 0.29) is 49.5 Å². The lowest BCUT2D eigenvalue weighted by atomic mass is 10.1. The van der Waals surface area contributed by atoms with Crippen LogP contribution in [0, 0.1) is 11.3 Å². The topological polar surface area (TPSA) is 182 Å². The van der Waals surface area contributed by atoms with Gasteiger partial charge < -0.3 is 31.4 Å². The normalized spacial score (nSPS) is 9.37. The zero-order chi connectivity index (χ0) is 31.0. The lowest BCUT2D eigenvalue weighted by Crippen LogP contribution is -2.42. The average Bonchev–Trinajstić information content (AvgIpc) is 3.00. The van der Waals surface area contributed by atoms with Crippen molar-refractivity contribution < 1.29 is 24.0 Å². The van der Waals surface area contributed by atoms with E-state index in [0.717, 1.165) is 12.7 Å². The molecular weight excluding hydrogens is 546 g/mol. The fourth-order valence-electron chi connectivity index (χ4n) is 2.82. The van der Waals surface area contributed by atoms with E-state index in [1.807, 2.05) is 44.2 Å². The molecule has 1 heterocycles. The molecule has 0 aliphatic heterocycles. The van der Waals surface area contributed by atoms with Gasteiger partial charge in [0.15, 0.2) is 0 Å². The average molecular weight is 586 g/mol. The molecule has 0 saturated heterocycles. The standard InChI is InChI=1S/C15H22N4O3.C11H11N3O2S.C2H6/c1-3-11-4-6-12(7-5-11)19-15(22)10-18-14(21)9-17-13(20)8-16-2;1-17-11-8(7-12)3-4-9(14-11)10(16)13-5-2-6-15;1-2/h4-7,16H,3,8-10H2,1-2H3,(H,17,20)(H,18,21)(H,19,22);3-4,6H,2,5H2,1H3,(H,13,16);1-2H3. The summed E-state index contributed by atoms with van der Waals surface area (Å²) >= 11 is 1.31. The molecular formula is C28H39N7O5S. The lowest BCUT2D eigenvalue weighted by Gasteiger charge is -2.08. The van der Waals surface area contributed by atoms with Crippen LogP contribution in [0.3, 0.4) is 0 Å². The molecule has 0 spiro atoms. The molecule has 1 aromatic heterocycles. The number of carbonyl (C=O) groups excluding carboxylic acids is 5. The summed E-state index contributed by atoms with van der Waals surface area (Å²) in [5.41, 5.74) is 2.56. The molecule has 5 N–H and O–H groups in total. The predicted molar refractivity (Wildman–Crippen MR) is 159 cm³/mol. The van der Waals surface area contributed by atoms with Crippen LogP contribution in [-0.2, 0) is 25.6 Å². The summed E-state index contributed by atoms with van der Waals surface area (Å²) in [5.74, 6) is -1.36. The number of aromatic nitrogens is 1. The highest BCUT2D eigenvalue weighted by molar-refractivity contribution is 7.98. The Morgan fingerprint density at radius 2 is 1.54 bits per heavy atom. The van der Waals surface area contributed by atoms with Gasteiger partial charge >= 0.3 is 0 Å². The Balaban J connectivity index is 0.000000757. The highest BCUT2D eigenvalue weighted by atomic mass is 32.2. The summed E-state index contributed by atoms with van der Waals surface area (Å²) in [6, 6.07) is 12.6. The van der Waals surface area contributed by atoms with Crippen LogP contribution in [0.5, 0.6) is 0 Å². The first kappa shape index (κ1) is 36.7.